The minimum atomic E-state index is -1.46. The van der Waals surface area contributed by atoms with Crippen LogP contribution in [0.1, 0.15) is 47.7 Å². The molecule has 0 saturated carbocycles. The number of carbonyl (C=O) groups excluding carboxylic acids is 3. The molecular weight excluding hydrogens is 574 g/mol. The quantitative estimate of drug-likeness (QED) is 0.0749. The molecule has 0 aliphatic rings. The van der Waals surface area contributed by atoms with Crippen LogP contribution in [0.4, 0.5) is 17.1 Å². The van der Waals surface area contributed by atoms with Crippen LogP contribution in [0.3, 0.4) is 0 Å². The number of nitrogens with one attached hydrogen (secondary N) is 1. The van der Waals surface area contributed by atoms with E-state index in [4.69, 9.17) is 10.2 Å². The van der Waals surface area contributed by atoms with Crippen molar-refractivity contribution in [2.75, 3.05) is 19.0 Å². The minimum Gasteiger partial charge on any atom is -0.508 e. The molecule has 1 aromatic heterocycles. The number of unbranched alkanes of at least 4 members (excludes halogenated alkanes) is 1. The van der Waals surface area contributed by atoms with Gasteiger partial charge in [0.05, 0.1) is 17.4 Å². The highest BCUT2D eigenvalue weighted by atomic mass is 16.4. The maximum absolute atomic E-state index is 13.8. The average Bonchev–Trinajstić information content (AvgIpc) is 3.01. The predicted octanol–water partition coefficient (Wildman–Crippen LogP) is 5.29. The largest absolute Gasteiger partial charge is 0.508 e. The Labute approximate surface area is 260 Å². The molecule has 0 spiro atoms. The van der Waals surface area contributed by atoms with Crippen molar-refractivity contribution in [2.45, 2.75) is 51.6 Å². The van der Waals surface area contributed by atoms with Crippen molar-refractivity contribution in [1.82, 2.24) is 5.32 Å². The van der Waals surface area contributed by atoms with Crippen LogP contribution in [0, 0.1) is 6.92 Å². The fourth-order valence-corrected chi connectivity index (χ4v) is 4.89. The van der Waals surface area contributed by atoms with E-state index in [2.05, 4.69) is 15.5 Å². The van der Waals surface area contributed by atoms with Crippen molar-refractivity contribution >= 4 is 45.5 Å². The molecule has 4 N–H and O–H groups in total. The fourth-order valence-electron chi connectivity index (χ4n) is 4.89. The Balaban J connectivity index is 1.61. The van der Waals surface area contributed by atoms with Gasteiger partial charge in [0.25, 0.3) is 0 Å². The molecule has 1 unspecified atom stereocenters. The number of carbonyl (C=O) groups is 3. The van der Waals surface area contributed by atoms with E-state index in [-0.39, 0.29) is 22.5 Å². The van der Waals surface area contributed by atoms with Crippen LogP contribution in [-0.2, 0) is 16.0 Å². The topological polar surface area (TPSA) is 168 Å². The number of hydrogen-bond donors (Lipinski definition) is 3. The van der Waals surface area contributed by atoms with E-state index in [1.807, 2.05) is 50.2 Å². The summed E-state index contributed by atoms with van der Waals surface area (Å²) < 4.78 is 5.37. The van der Waals surface area contributed by atoms with Crippen molar-refractivity contribution in [3.05, 3.63) is 93.8 Å². The Morgan fingerprint density at radius 1 is 0.978 bits per heavy atom. The summed E-state index contributed by atoms with van der Waals surface area (Å²) in [7, 11) is 3.89. The van der Waals surface area contributed by atoms with E-state index in [0.717, 1.165) is 12.1 Å². The molecule has 0 fully saturated rings. The molecule has 4 aromatic rings. The van der Waals surface area contributed by atoms with Gasteiger partial charge in [-0.15, -0.1) is 0 Å². The fraction of sp³-hybridized carbons (Fsp3) is 0.294. The number of nitrogens with zero attached hydrogens (tertiary/aromatic N) is 3. The Hall–Kier alpha value is -5.16. The molecule has 1 amide bonds. The zero-order valence-corrected chi connectivity index (χ0v) is 25.7. The summed E-state index contributed by atoms with van der Waals surface area (Å²) >= 11 is 0. The van der Waals surface area contributed by atoms with E-state index in [0.29, 0.717) is 35.2 Å². The van der Waals surface area contributed by atoms with Crippen molar-refractivity contribution < 1.29 is 23.9 Å². The number of primary amides is 1. The van der Waals surface area contributed by atoms with E-state index >= 15 is 0 Å². The molecule has 0 aliphatic heterocycles. The van der Waals surface area contributed by atoms with E-state index < -0.39 is 41.6 Å². The molecule has 0 radical (unpaired) electrons. The zero-order chi connectivity index (χ0) is 32.7. The number of phenols is 1. The van der Waals surface area contributed by atoms with Gasteiger partial charge >= 0.3 is 5.63 Å². The van der Waals surface area contributed by atoms with Gasteiger partial charge in [0.2, 0.25) is 5.91 Å². The number of azo groups is 1. The van der Waals surface area contributed by atoms with Crippen molar-refractivity contribution in [3.63, 3.8) is 0 Å². The first-order valence-corrected chi connectivity index (χ1v) is 14.6. The van der Waals surface area contributed by atoms with Gasteiger partial charge in [-0.1, -0.05) is 19.8 Å². The number of nitrogens with two attached hydrogens (primary N) is 1. The molecule has 2 atom stereocenters. The third kappa shape index (κ3) is 8.07. The van der Waals surface area contributed by atoms with Crippen LogP contribution in [0.5, 0.6) is 5.75 Å². The van der Waals surface area contributed by atoms with E-state index in [9.17, 15) is 24.3 Å². The van der Waals surface area contributed by atoms with Crippen LogP contribution in [0.25, 0.3) is 11.0 Å². The van der Waals surface area contributed by atoms with Crippen LogP contribution in [-0.4, -0.2) is 48.8 Å². The molecule has 45 heavy (non-hydrogen) atoms. The summed E-state index contributed by atoms with van der Waals surface area (Å²) in [6.07, 6.45) is 1.33. The van der Waals surface area contributed by atoms with Gasteiger partial charge in [-0.05, 0) is 79.6 Å². The number of aromatic hydroxyl groups is 1. The first kappa shape index (κ1) is 32.7. The number of phenolic OH excluding ortho intramolecular Hbond substituents is 1. The molecule has 0 aliphatic carbocycles. The molecule has 0 bridgehead atoms. The molecule has 11 heteroatoms. The first-order valence-electron chi connectivity index (χ1n) is 14.6. The van der Waals surface area contributed by atoms with E-state index in [1.165, 1.54) is 24.3 Å². The molecule has 0 saturated heterocycles. The molecule has 4 rings (SSSR count). The highest BCUT2D eigenvalue weighted by molar-refractivity contribution is 6.15. The molecule has 11 nitrogen and oxygen atoms in total. The van der Waals surface area contributed by atoms with Crippen molar-refractivity contribution in [3.8, 4) is 5.75 Å². The van der Waals surface area contributed by atoms with Gasteiger partial charge in [0.15, 0.2) is 11.6 Å². The predicted molar refractivity (Wildman–Crippen MR) is 173 cm³/mol. The number of benzene rings is 3. The maximum Gasteiger partial charge on any atom is 0.340 e. The molecule has 3 aromatic carbocycles. The van der Waals surface area contributed by atoms with Gasteiger partial charge in [-0.2, -0.15) is 10.2 Å². The number of aryl methyl sites for hydroxylation is 1. The van der Waals surface area contributed by atoms with Gasteiger partial charge in [-0.25, -0.2) is 4.79 Å². The number of amides is 1. The number of Topliss-reactive ketones (excluding diaryl/α,β-unsaturated/α-hetero) is 2. The number of hydrogen-bond acceptors (Lipinski definition) is 10. The highest BCUT2D eigenvalue weighted by Gasteiger charge is 2.32. The zero-order valence-electron chi connectivity index (χ0n) is 25.7. The SMILES string of the molecule is CCCC[C@H](NC(C(=O)Cc1c(C)c2ccc(O)cc2oc1=O)C(=O)c1ccc(N=Nc2ccc(N(C)C)cc2)cc1)C(N)=O. The summed E-state index contributed by atoms with van der Waals surface area (Å²) in [4.78, 5) is 54.7. The van der Waals surface area contributed by atoms with Crippen LogP contribution in [0.2, 0.25) is 0 Å². The normalized spacial score (nSPS) is 12.7. The summed E-state index contributed by atoms with van der Waals surface area (Å²) in [6.45, 7) is 3.62. The van der Waals surface area contributed by atoms with Crippen LogP contribution < -0.4 is 21.6 Å². The lowest BCUT2D eigenvalue weighted by atomic mass is 9.93. The third-order valence-corrected chi connectivity index (χ3v) is 7.56. The van der Waals surface area contributed by atoms with Gasteiger partial charge in [-0.3, -0.25) is 19.7 Å². The monoisotopic (exact) mass is 611 g/mol. The maximum atomic E-state index is 13.8. The summed E-state index contributed by atoms with van der Waals surface area (Å²) in [5, 5.41) is 21.7. The second-order valence-corrected chi connectivity index (χ2v) is 11.0. The first-order chi connectivity index (χ1) is 21.5. The Kier molecular flexibility index (Phi) is 10.6. The lowest BCUT2D eigenvalue weighted by Gasteiger charge is -2.22. The van der Waals surface area contributed by atoms with E-state index in [1.54, 1.807) is 25.1 Å². The van der Waals surface area contributed by atoms with Crippen molar-refractivity contribution in [1.29, 1.82) is 0 Å². The Morgan fingerprint density at radius 2 is 1.60 bits per heavy atom. The smallest absolute Gasteiger partial charge is 0.340 e. The summed E-state index contributed by atoms with van der Waals surface area (Å²) in [5.74, 6) is -1.97. The molecule has 234 valence electrons. The number of rotatable bonds is 14. The number of anilines is 1. The minimum absolute atomic E-state index is 0.0699. The number of ketones is 2. The average molecular weight is 612 g/mol. The third-order valence-electron chi connectivity index (χ3n) is 7.56. The lowest BCUT2D eigenvalue weighted by Crippen LogP contribution is -2.53. The summed E-state index contributed by atoms with van der Waals surface area (Å²) in [6, 6.07) is 15.8. The molecule has 1 heterocycles. The lowest BCUT2D eigenvalue weighted by molar-refractivity contribution is -0.122. The number of fused-ring (bicyclic) bond motifs is 1. The summed E-state index contributed by atoms with van der Waals surface area (Å²) in [5.41, 5.74) is 8.00. The second kappa shape index (κ2) is 14.5. The van der Waals surface area contributed by atoms with Gasteiger partial charge in [0, 0.05) is 48.8 Å². The van der Waals surface area contributed by atoms with Gasteiger partial charge in [0.1, 0.15) is 17.4 Å². The highest BCUT2D eigenvalue weighted by Crippen LogP contribution is 2.25. The van der Waals surface area contributed by atoms with Crippen molar-refractivity contribution in [2.24, 2.45) is 16.0 Å². The molecular formula is C34H37N5O6. The van der Waals surface area contributed by atoms with Crippen LogP contribution >= 0.6 is 0 Å². The second-order valence-electron chi connectivity index (χ2n) is 11.0. The van der Waals surface area contributed by atoms with Gasteiger partial charge < -0.3 is 20.2 Å². The Bertz CT molecular complexity index is 1780. The Morgan fingerprint density at radius 3 is 2.18 bits per heavy atom. The standard InChI is InChI=1S/C34H37N5O6/c1-5-6-7-28(33(35)43)36-31(29(41)19-27-20(2)26-17-16-25(40)18-30(26)45-34(27)44)32(42)21-8-10-22(11-9-21)37-38-23-12-14-24(15-13-23)39(3)4/h8-18,28,31,36,40H,5-7,19H2,1-4H3,(H2,35,43)/t28-,31?/m0/s1. The van der Waals surface area contributed by atoms with Crippen LogP contribution in [0.15, 0.2) is 86.2 Å².